The van der Waals surface area contributed by atoms with Gasteiger partial charge in [-0.2, -0.15) is 0 Å². The van der Waals surface area contributed by atoms with Gasteiger partial charge in [0.05, 0.1) is 0 Å². The second kappa shape index (κ2) is 11.7. The van der Waals surface area contributed by atoms with Crippen molar-refractivity contribution in [1.82, 2.24) is 14.7 Å². The van der Waals surface area contributed by atoms with Crippen LogP contribution in [-0.4, -0.2) is 58.4 Å². The number of ether oxygens (including phenoxy) is 1. The Morgan fingerprint density at radius 2 is 1.57 bits per heavy atom. The Balaban J connectivity index is 1.21. The molecule has 2 aromatic rings. The van der Waals surface area contributed by atoms with Crippen molar-refractivity contribution in [2.75, 3.05) is 26.2 Å². The minimum Gasteiger partial charge on any atom is -0.457 e. The number of para-hydroxylation sites is 1. The van der Waals surface area contributed by atoms with E-state index in [0.717, 1.165) is 69.7 Å². The van der Waals surface area contributed by atoms with E-state index in [4.69, 9.17) is 4.74 Å². The molecule has 3 fully saturated rings. The molecule has 2 aliphatic heterocycles. The summed E-state index contributed by atoms with van der Waals surface area (Å²) in [5, 5.41) is 0. The van der Waals surface area contributed by atoms with E-state index in [1.807, 2.05) is 47.4 Å². The molecule has 6 nitrogen and oxygen atoms in total. The average molecular weight is 504 g/mol. The fraction of sp³-hybridized carbons (Fsp3) is 0.548. The number of likely N-dealkylation sites (tertiary alicyclic amines) is 1. The quantitative estimate of drug-likeness (QED) is 0.369. The number of nitrogens with zero attached hydrogens (tertiary/aromatic N) is 3. The molecule has 0 atom stereocenters. The fourth-order valence-corrected chi connectivity index (χ4v) is 6.31. The Hall–Kier alpha value is -2.86. The van der Waals surface area contributed by atoms with Crippen molar-refractivity contribution in [2.45, 2.75) is 76.8 Å². The van der Waals surface area contributed by atoms with Crippen LogP contribution in [-0.2, 0) is 11.3 Å². The van der Waals surface area contributed by atoms with Crippen molar-refractivity contribution < 1.29 is 14.3 Å². The van der Waals surface area contributed by atoms with Crippen molar-refractivity contribution in [1.29, 1.82) is 0 Å². The number of urea groups is 1. The predicted molar refractivity (Wildman–Crippen MR) is 145 cm³/mol. The number of hydrogen-bond donors (Lipinski definition) is 0. The van der Waals surface area contributed by atoms with E-state index in [-0.39, 0.29) is 11.9 Å². The largest absolute Gasteiger partial charge is 0.457 e. The summed E-state index contributed by atoms with van der Waals surface area (Å²) in [7, 11) is 0. The van der Waals surface area contributed by atoms with Gasteiger partial charge < -0.3 is 9.64 Å². The van der Waals surface area contributed by atoms with Crippen LogP contribution in [0.4, 0.5) is 4.79 Å². The maximum Gasteiger partial charge on any atom is 0.327 e. The molecule has 6 heteroatoms. The topological polar surface area (TPSA) is 53.1 Å². The molecule has 3 aliphatic rings. The molecule has 0 radical (unpaired) electrons. The van der Waals surface area contributed by atoms with Crippen LogP contribution in [0.25, 0.3) is 0 Å². The highest BCUT2D eigenvalue weighted by Gasteiger charge is 2.57. The van der Waals surface area contributed by atoms with Gasteiger partial charge in [-0.3, -0.25) is 14.6 Å². The molecule has 0 aromatic heterocycles. The number of hydrogen-bond acceptors (Lipinski definition) is 4. The molecule has 1 aliphatic carbocycles. The number of carbonyl (C=O) groups excluding carboxylic acids is 2. The summed E-state index contributed by atoms with van der Waals surface area (Å²) in [5.41, 5.74) is 0.581. The van der Waals surface area contributed by atoms with Crippen molar-refractivity contribution in [2.24, 2.45) is 5.92 Å². The summed E-state index contributed by atoms with van der Waals surface area (Å²) in [6.07, 6.45) is 9.41. The summed E-state index contributed by atoms with van der Waals surface area (Å²) < 4.78 is 5.92. The normalized spacial score (nSPS) is 20.7. The molecule has 2 aromatic carbocycles. The van der Waals surface area contributed by atoms with Crippen LogP contribution in [0.15, 0.2) is 54.6 Å². The van der Waals surface area contributed by atoms with E-state index >= 15 is 0 Å². The second-order valence-electron chi connectivity index (χ2n) is 11.1. The lowest BCUT2D eigenvalue weighted by atomic mass is 9.85. The number of imide groups is 1. The zero-order valence-electron chi connectivity index (χ0n) is 22.2. The number of amides is 3. The highest BCUT2D eigenvalue weighted by Crippen LogP contribution is 2.39. The third kappa shape index (κ3) is 5.69. The van der Waals surface area contributed by atoms with Crippen LogP contribution in [0.3, 0.4) is 0 Å². The summed E-state index contributed by atoms with van der Waals surface area (Å²) in [6, 6.07) is 18.0. The standard InChI is InChI=1S/C31H41N3O3/c1-2-3-20-34-30(36)33(24-25-10-6-4-7-11-25)29(35)31(34)18-21-32(22-19-31)23-26-14-16-28(17-15-26)37-27-12-8-5-9-13-27/h5,8-9,12-17,25H,2-4,6-7,10-11,18-24H2,1H3. The first-order chi connectivity index (χ1) is 18.1. The van der Waals surface area contributed by atoms with Crippen LogP contribution in [0.1, 0.15) is 70.3 Å². The van der Waals surface area contributed by atoms with Gasteiger partial charge in [0.2, 0.25) is 0 Å². The molecule has 2 saturated heterocycles. The van der Waals surface area contributed by atoms with E-state index in [9.17, 15) is 9.59 Å². The van der Waals surface area contributed by atoms with Crippen LogP contribution in [0.5, 0.6) is 11.5 Å². The molecular weight excluding hydrogens is 462 g/mol. The highest BCUT2D eigenvalue weighted by molar-refractivity contribution is 6.07. The number of unbranched alkanes of at least 4 members (excludes halogenated alkanes) is 1. The third-order valence-electron chi connectivity index (χ3n) is 8.51. The fourth-order valence-electron chi connectivity index (χ4n) is 6.31. The minimum absolute atomic E-state index is 0.0357. The molecule has 5 rings (SSSR count). The van der Waals surface area contributed by atoms with Gasteiger partial charge in [-0.05, 0) is 67.9 Å². The van der Waals surface area contributed by atoms with Crippen molar-refractivity contribution in [3.8, 4) is 11.5 Å². The lowest BCUT2D eigenvalue weighted by Crippen LogP contribution is -2.56. The van der Waals surface area contributed by atoms with Crippen LogP contribution < -0.4 is 4.74 Å². The minimum atomic E-state index is -0.648. The van der Waals surface area contributed by atoms with Gasteiger partial charge in [-0.25, -0.2) is 4.79 Å². The Labute approximate surface area is 221 Å². The van der Waals surface area contributed by atoms with E-state index in [1.54, 1.807) is 4.90 Å². The van der Waals surface area contributed by atoms with Gasteiger partial charge in [0.1, 0.15) is 17.0 Å². The molecule has 198 valence electrons. The first kappa shape index (κ1) is 25.8. The number of rotatable bonds is 9. The second-order valence-corrected chi connectivity index (χ2v) is 11.1. The number of piperidine rings is 1. The lowest BCUT2D eigenvalue weighted by molar-refractivity contribution is -0.136. The molecule has 1 spiro atoms. The lowest BCUT2D eigenvalue weighted by Gasteiger charge is -2.42. The first-order valence-corrected chi connectivity index (χ1v) is 14.3. The zero-order valence-corrected chi connectivity index (χ0v) is 22.2. The SMILES string of the molecule is CCCCN1C(=O)N(CC2CCCCC2)C(=O)C12CCN(Cc1ccc(Oc3ccccc3)cc1)CC2. The molecule has 0 bridgehead atoms. The van der Waals surface area contributed by atoms with Crippen molar-refractivity contribution >= 4 is 11.9 Å². The van der Waals surface area contributed by atoms with E-state index in [1.165, 1.54) is 24.8 Å². The molecule has 1 saturated carbocycles. The van der Waals surface area contributed by atoms with Gasteiger partial charge in [-0.15, -0.1) is 0 Å². The van der Waals surface area contributed by atoms with Crippen LogP contribution in [0.2, 0.25) is 0 Å². The van der Waals surface area contributed by atoms with E-state index < -0.39 is 5.54 Å². The van der Waals surface area contributed by atoms with Crippen LogP contribution >= 0.6 is 0 Å². The van der Waals surface area contributed by atoms with E-state index in [2.05, 4.69) is 24.0 Å². The zero-order chi connectivity index (χ0) is 25.7. The molecular formula is C31H41N3O3. The number of carbonyl (C=O) groups is 2. The molecule has 37 heavy (non-hydrogen) atoms. The van der Waals surface area contributed by atoms with Gasteiger partial charge in [0.25, 0.3) is 5.91 Å². The third-order valence-corrected chi connectivity index (χ3v) is 8.51. The summed E-state index contributed by atoms with van der Waals surface area (Å²) in [5.74, 6) is 2.20. The van der Waals surface area contributed by atoms with Crippen molar-refractivity contribution in [3.05, 3.63) is 60.2 Å². The first-order valence-electron chi connectivity index (χ1n) is 14.3. The van der Waals surface area contributed by atoms with Gasteiger partial charge in [0.15, 0.2) is 0 Å². The molecule has 2 heterocycles. The highest BCUT2D eigenvalue weighted by atomic mass is 16.5. The van der Waals surface area contributed by atoms with Gasteiger partial charge in [-0.1, -0.05) is 62.9 Å². The average Bonchev–Trinajstić information content (AvgIpc) is 3.12. The molecule has 0 unspecified atom stereocenters. The van der Waals surface area contributed by atoms with Crippen molar-refractivity contribution in [3.63, 3.8) is 0 Å². The number of benzene rings is 2. The molecule has 3 amide bonds. The monoisotopic (exact) mass is 503 g/mol. The summed E-state index contributed by atoms with van der Waals surface area (Å²) in [4.78, 5) is 33.3. The Bertz CT molecular complexity index is 1040. The Morgan fingerprint density at radius 3 is 2.24 bits per heavy atom. The van der Waals surface area contributed by atoms with Crippen LogP contribution in [0, 0.1) is 5.92 Å². The Kier molecular flexibility index (Phi) is 8.14. The maximum absolute atomic E-state index is 13.8. The Morgan fingerprint density at radius 1 is 0.892 bits per heavy atom. The molecule has 0 N–H and O–H groups in total. The van der Waals surface area contributed by atoms with Gasteiger partial charge in [0, 0.05) is 32.7 Å². The maximum atomic E-state index is 13.8. The predicted octanol–water partition coefficient (Wildman–Crippen LogP) is 6.46. The van der Waals surface area contributed by atoms with Gasteiger partial charge >= 0.3 is 6.03 Å². The smallest absolute Gasteiger partial charge is 0.327 e. The van der Waals surface area contributed by atoms with E-state index in [0.29, 0.717) is 19.0 Å². The summed E-state index contributed by atoms with van der Waals surface area (Å²) >= 11 is 0. The summed E-state index contributed by atoms with van der Waals surface area (Å²) in [6.45, 7) is 5.93.